The number of carbonyl (C=O) groups is 2. The van der Waals surface area contributed by atoms with Crippen LogP contribution in [0.2, 0.25) is 5.02 Å². The largest absolute Gasteiger partial charge is 0.501 e. The highest BCUT2D eigenvalue weighted by atomic mass is 35.5. The first-order valence-electron chi connectivity index (χ1n) is 25.7. The van der Waals surface area contributed by atoms with Gasteiger partial charge in [-0.25, -0.2) is 31.3 Å². The van der Waals surface area contributed by atoms with Gasteiger partial charge in [0.2, 0.25) is 0 Å². The van der Waals surface area contributed by atoms with E-state index in [1.165, 1.54) is 28.3 Å². The van der Waals surface area contributed by atoms with Gasteiger partial charge in [0.1, 0.15) is 22.0 Å². The molecular weight excluding hydrogens is 1060 g/mol. The van der Waals surface area contributed by atoms with Crippen LogP contribution in [0.25, 0.3) is 16.6 Å². The van der Waals surface area contributed by atoms with Gasteiger partial charge in [-0.15, -0.1) is 0 Å². The van der Waals surface area contributed by atoms with Gasteiger partial charge in [-0.3, -0.25) is 14.6 Å². The third-order valence-electron chi connectivity index (χ3n) is 14.8. The minimum absolute atomic E-state index is 0.0293. The van der Waals surface area contributed by atoms with Crippen molar-refractivity contribution in [2.75, 3.05) is 115 Å². The summed E-state index contributed by atoms with van der Waals surface area (Å²) in [5, 5.41) is 13.7. The van der Waals surface area contributed by atoms with E-state index in [1.54, 1.807) is 30.5 Å². The fourth-order valence-electron chi connectivity index (χ4n) is 10.7. The summed E-state index contributed by atoms with van der Waals surface area (Å²) in [7, 11) is -11.1. The van der Waals surface area contributed by atoms with Crippen LogP contribution in [0.4, 0.5) is 29.3 Å². The van der Waals surface area contributed by atoms with Gasteiger partial charge in [-0.2, -0.15) is 13.2 Å². The van der Waals surface area contributed by atoms with Gasteiger partial charge in [-0.05, 0) is 116 Å². The fraction of sp³-hybridized carbons (Fsp3) is 0.453. The molecule has 0 bridgehead atoms. The van der Waals surface area contributed by atoms with Crippen molar-refractivity contribution in [2.45, 2.75) is 54.3 Å². The number of fused-ring (bicyclic) bond motifs is 1. The van der Waals surface area contributed by atoms with Crippen molar-refractivity contribution in [2.24, 2.45) is 5.41 Å². The lowest BCUT2D eigenvalue weighted by Gasteiger charge is -2.42. The summed E-state index contributed by atoms with van der Waals surface area (Å²) in [5.41, 5.74) is -1.40. The number of H-pyrrole nitrogens is 1. The topological polar surface area (TPSA) is 210 Å². The Morgan fingerprint density at radius 2 is 1.64 bits per heavy atom. The van der Waals surface area contributed by atoms with Crippen LogP contribution in [-0.4, -0.2) is 174 Å². The minimum atomic E-state index is -6.06. The third kappa shape index (κ3) is 13.5. The maximum absolute atomic E-state index is 14.1. The number of morpholine rings is 1. The number of piperazine rings is 1. The van der Waals surface area contributed by atoms with E-state index in [9.17, 15) is 44.7 Å². The Balaban J connectivity index is 0.924. The van der Waals surface area contributed by atoms with Gasteiger partial charge in [0.05, 0.1) is 35.6 Å². The average Bonchev–Trinajstić information content (AvgIpc) is 3.76. The summed E-state index contributed by atoms with van der Waals surface area (Å²) in [6, 6.07) is 18.4. The summed E-state index contributed by atoms with van der Waals surface area (Å²) >= 11 is 6.33. The van der Waals surface area contributed by atoms with Crippen molar-refractivity contribution in [3.8, 4) is 11.5 Å². The standard InChI is InChI=1S/C53H63ClF3N9O9S2/c1-52(36-64-18-3-19-66(25-22-64)51(68)69)14-12-44(37-4-6-40(54)7-5-37)39(33-52)35-63-20-23-65(24-21-63)41-8-10-45(47(31-41)75-42-30-38-13-16-59-49(38)60-34-42)50(67)61-77(72,73)43-9-11-46(48(32-43)76(70,71)53(55,56)57)58-15-2-17-62-26-28-74-29-27-62/h4-11,13,16,30-32,34,58H,2-3,12,14-15,17-29,33,35-36H2,1H3,(H,59,60)(H,61,67)(H,68,69). The molecule has 9 rings (SSSR count). The lowest BCUT2D eigenvalue weighted by Crippen LogP contribution is -2.47. The molecule has 77 heavy (non-hydrogen) atoms. The van der Waals surface area contributed by atoms with E-state index in [0.717, 1.165) is 63.0 Å². The number of aromatic nitrogens is 2. The van der Waals surface area contributed by atoms with Crippen LogP contribution >= 0.6 is 11.6 Å². The molecule has 5 aromatic rings. The maximum atomic E-state index is 14.1. The maximum Gasteiger partial charge on any atom is 0.501 e. The van der Waals surface area contributed by atoms with Gasteiger partial charge in [0, 0.05) is 107 Å². The van der Waals surface area contributed by atoms with Crippen molar-refractivity contribution in [3.63, 3.8) is 0 Å². The van der Waals surface area contributed by atoms with Crippen LogP contribution in [0, 0.1) is 5.41 Å². The molecule has 1 atom stereocenters. The van der Waals surface area contributed by atoms with E-state index >= 15 is 0 Å². The molecule has 2 amide bonds. The number of sulfonamides is 1. The Morgan fingerprint density at radius 1 is 0.883 bits per heavy atom. The second-order valence-electron chi connectivity index (χ2n) is 20.4. The molecule has 4 aliphatic rings. The number of halogens is 4. The number of nitrogens with one attached hydrogen (secondary N) is 3. The van der Waals surface area contributed by atoms with Crippen LogP contribution in [-0.2, 0) is 24.6 Å². The summed E-state index contributed by atoms with van der Waals surface area (Å²) in [5.74, 6) is -0.987. The highest BCUT2D eigenvalue weighted by Gasteiger charge is 2.48. The second kappa shape index (κ2) is 23.6. The molecule has 2 aromatic heterocycles. The van der Waals surface area contributed by atoms with E-state index in [0.29, 0.717) is 113 Å². The molecule has 0 saturated carbocycles. The van der Waals surface area contributed by atoms with Crippen molar-refractivity contribution < 1.29 is 54.2 Å². The van der Waals surface area contributed by atoms with Crippen molar-refractivity contribution >= 4 is 71.4 Å². The zero-order valence-corrected chi connectivity index (χ0v) is 45.0. The first kappa shape index (κ1) is 55.8. The van der Waals surface area contributed by atoms with Gasteiger partial charge in [0.25, 0.3) is 25.8 Å². The number of amides is 2. The molecule has 0 spiro atoms. The summed E-state index contributed by atoms with van der Waals surface area (Å²) in [6.07, 6.45) is 6.23. The number of sulfone groups is 1. The quantitative estimate of drug-likeness (QED) is 0.0650. The number of hydrogen-bond donors (Lipinski definition) is 4. The normalized spacial score (nSPS) is 19.8. The van der Waals surface area contributed by atoms with Crippen LogP contribution in [0.1, 0.15) is 54.9 Å². The number of carbonyl (C=O) groups excluding carboxylic acids is 1. The molecule has 3 aliphatic heterocycles. The van der Waals surface area contributed by atoms with Gasteiger partial charge >= 0.3 is 11.6 Å². The second-order valence-corrected chi connectivity index (χ2v) is 24.4. The first-order valence-corrected chi connectivity index (χ1v) is 29.0. The predicted octanol–water partition coefficient (Wildman–Crippen LogP) is 8.01. The van der Waals surface area contributed by atoms with E-state index in [4.69, 9.17) is 21.1 Å². The number of hydrogen-bond acceptors (Lipinski definition) is 14. The molecule has 414 valence electrons. The summed E-state index contributed by atoms with van der Waals surface area (Å²) in [6.45, 7) is 12.1. The number of pyridine rings is 1. The number of alkyl halides is 3. The molecule has 3 aromatic carbocycles. The first-order chi connectivity index (χ1) is 36.7. The highest BCUT2D eigenvalue weighted by molar-refractivity contribution is 7.92. The van der Waals surface area contributed by atoms with E-state index in [-0.39, 0.29) is 29.0 Å². The molecule has 3 saturated heterocycles. The Bertz CT molecular complexity index is 3210. The van der Waals surface area contributed by atoms with Gasteiger partial charge in [-0.1, -0.05) is 36.2 Å². The average molecular weight is 1130 g/mol. The van der Waals surface area contributed by atoms with Crippen LogP contribution in [0.15, 0.2) is 101 Å². The van der Waals surface area contributed by atoms with Crippen molar-refractivity contribution in [1.29, 1.82) is 0 Å². The predicted molar refractivity (Wildman–Crippen MR) is 287 cm³/mol. The molecule has 4 N–H and O–H groups in total. The van der Waals surface area contributed by atoms with Crippen molar-refractivity contribution in [3.05, 3.63) is 107 Å². The molecule has 1 aliphatic carbocycles. The monoisotopic (exact) mass is 1130 g/mol. The molecule has 1 unspecified atom stereocenters. The number of benzene rings is 3. The van der Waals surface area contributed by atoms with E-state index in [1.807, 2.05) is 16.9 Å². The SMILES string of the molecule is CC1(CN2CCCN(C(=O)O)CC2)CCC(c2ccc(Cl)cc2)=C(CN2CCN(c3ccc(C(=O)NS(=O)(=O)c4ccc(NCCCN5CCOCC5)c(S(=O)(=O)C(F)(F)F)c4)c(Oc4cnc5[nH]ccc5c4)c3)CC2)C1. The van der Waals surface area contributed by atoms with Crippen LogP contribution in [0.3, 0.4) is 0 Å². The molecule has 5 heterocycles. The number of ether oxygens (including phenoxy) is 2. The van der Waals surface area contributed by atoms with Crippen LogP contribution < -0.4 is 19.7 Å². The lowest BCUT2D eigenvalue weighted by atomic mass is 9.71. The number of allylic oxidation sites excluding steroid dienone is 1. The highest BCUT2D eigenvalue weighted by Crippen LogP contribution is 2.44. The summed E-state index contributed by atoms with van der Waals surface area (Å²) in [4.78, 5) is 41.6. The number of aromatic amines is 1. The number of carboxylic acid groups (broad SMARTS) is 1. The van der Waals surface area contributed by atoms with Gasteiger partial charge in [0.15, 0.2) is 0 Å². The number of anilines is 2. The lowest BCUT2D eigenvalue weighted by molar-refractivity contribution is -0.0436. The Morgan fingerprint density at radius 3 is 2.38 bits per heavy atom. The summed E-state index contributed by atoms with van der Waals surface area (Å²) < 4.78 is 109. The zero-order chi connectivity index (χ0) is 54.5. The van der Waals surface area contributed by atoms with Gasteiger partial charge < -0.3 is 39.6 Å². The molecule has 3 fully saturated rings. The molecule has 24 heteroatoms. The fourth-order valence-corrected chi connectivity index (χ4v) is 12.9. The smallest absolute Gasteiger partial charge is 0.465 e. The number of nitrogens with zero attached hydrogens (tertiary/aromatic N) is 6. The molecule has 18 nitrogen and oxygen atoms in total. The third-order valence-corrected chi connectivity index (χ3v) is 17.9. The Kier molecular flexibility index (Phi) is 17.1. The van der Waals surface area contributed by atoms with Crippen LogP contribution in [0.5, 0.6) is 11.5 Å². The van der Waals surface area contributed by atoms with E-state index < -0.39 is 52.8 Å². The molecular formula is C53H63ClF3N9O9S2. The Labute approximate surface area is 451 Å². The zero-order valence-electron chi connectivity index (χ0n) is 42.7. The number of rotatable bonds is 17. The molecule has 0 radical (unpaired) electrons. The Hall–Kier alpha value is -5.95. The van der Waals surface area contributed by atoms with E-state index in [2.05, 4.69) is 53.9 Å². The minimum Gasteiger partial charge on any atom is -0.465 e. The van der Waals surface area contributed by atoms with Crippen molar-refractivity contribution in [1.82, 2.24) is 34.3 Å².